The summed E-state index contributed by atoms with van der Waals surface area (Å²) >= 11 is 1.50. The second-order valence-electron chi connectivity index (χ2n) is 5.28. The van der Waals surface area contributed by atoms with Gasteiger partial charge in [-0.3, -0.25) is 4.79 Å². The number of amides is 1. The first kappa shape index (κ1) is 16.6. The van der Waals surface area contributed by atoms with Gasteiger partial charge in [0.25, 0.3) is 5.91 Å². The van der Waals surface area contributed by atoms with Crippen LogP contribution in [-0.4, -0.2) is 19.3 Å². The Morgan fingerprint density at radius 3 is 2.71 bits per heavy atom. The van der Waals surface area contributed by atoms with E-state index in [1.54, 1.807) is 13.0 Å². The molecule has 0 aliphatic heterocycles. The number of aromatic nitrogens is 1. The molecule has 1 heterocycles. The zero-order chi connectivity index (χ0) is 17.3. The van der Waals surface area contributed by atoms with Crippen molar-refractivity contribution < 1.29 is 13.2 Å². The number of nitrogens with zero attached hydrogens (tertiary/aromatic N) is 1. The lowest BCUT2D eigenvalue weighted by atomic mass is 10.1. The van der Waals surface area contributed by atoms with Crippen LogP contribution in [0.3, 0.4) is 0 Å². The lowest BCUT2D eigenvalue weighted by Gasteiger charge is -2.08. The number of carbonyl (C=O) groups excluding carboxylic acids is 1. The number of hydrogen-bond donors (Lipinski definition) is 2. The predicted octanol–water partition coefficient (Wildman–Crippen LogP) is 2.18. The molecule has 0 aliphatic rings. The fourth-order valence-corrected chi connectivity index (χ4v) is 3.72. The van der Waals surface area contributed by atoms with Crippen LogP contribution in [0.5, 0.6) is 0 Å². The summed E-state index contributed by atoms with van der Waals surface area (Å²) < 4.78 is 23.9. The summed E-state index contributed by atoms with van der Waals surface area (Å²) in [4.78, 5) is 16.7. The van der Waals surface area contributed by atoms with Crippen molar-refractivity contribution in [3.8, 4) is 0 Å². The van der Waals surface area contributed by atoms with Crippen LogP contribution < -0.4 is 10.5 Å². The van der Waals surface area contributed by atoms with Crippen molar-refractivity contribution in [2.75, 3.05) is 0 Å². The molecule has 0 bridgehead atoms. The zero-order valence-electron chi connectivity index (χ0n) is 12.8. The van der Waals surface area contributed by atoms with E-state index in [4.69, 9.17) is 5.14 Å². The van der Waals surface area contributed by atoms with Crippen molar-refractivity contribution in [2.45, 2.75) is 18.4 Å². The number of aryl methyl sites for hydroxylation is 1. The van der Waals surface area contributed by atoms with Crippen molar-refractivity contribution in [1.82, 2.24) is 10.3 Å². The molecule has 6 nitrogen and oxygen atoms in total. The third-order valence-electron chi connectivity index (χ3n) is 3.52. The average molecular weight is 361 g/mol. The fourth-order valence-electron chi connectivity index (χ4n) is 2.27. The van der Waals surface area contributed by atoms with Crippen LogP contribution in [0, 0.1) is 6.92 Å². The minimum Gasteiger partial charge on any atom is -0.346 e. The van der Waals surface area contributed by atoms with Crippen molar-refractivity contribution >= 4 is 37.5 Å². The number of hydrogen-bond acceptors (Lipinski definition) is 5. The Hall–Kier alpha value is -2.29. The fraction of sp³-hybridized carbons (Fsp3) is 0.125. The first-order chi connectivity index (χ1) is 11.3. The van der Waals surface area contributed by atoms with Crippen LogP contribution >= 0.6 is 11.3 Å². The van der Waals surface area contributed by atoms with Crippen LogP contribution in [0.1, 0.15) is 20.9 Å². The molecule has 0 unspecified atom stereocenters. The van der Waals surface area contributed by atoms with Gasteiger partial charge in [0.2, 0.25) is 10.0 Å². The van der Waals surface area contributed by atoms with Gasteiger partial charge in [0.1, 0.15) is 5.01 Å². The molecule has 1 aromatic heterocycles. The standard InChI is InChI=1S/C16H15N3O3S2/c1-10-6-7-11(24(17,21)22)8-12(10)16(20)18-9-15-19-13-4-2-3-5-14(13)23-15/h2-8H,9H2,1H3,(H,18,20)(H2,17,21,22). The van der Waals surface area contributed by atoms with Crippen molar-refractivity contribution in [3.05, 3.63) is 58.6 Å². The number of primary sulfonamides is 1. The number of nitrogens with one attached hydrogen (secondary N) is 1. The smallest absolute Gasteiger partial charge is 0.251 e. The molecule has 3 N–H and O–H groups in total. The maximum atomic E-state index is 12.4. The van der Waals surface area contributed by atoms with E-state index in [0.29, 0.717) is 5.56 Å². The maximum Gasteiger partial charge on any atom is 0.251 e. The summed E-state index contributed by atoms with van der Waals surface area (Å²) in [5.41, 5.74) is 1.84. The molecule has 3 rings (SSSR count). The molecule has 1 amide bonds. The largest absolute Gasteiger partial charge is 0.346 e. The topological polar surface area (TPSA) is 102 Å². The Labute approximate surface area is 143 Å². The second kappa shape index (κ2) is 6.31. The average Bonchev–Trinajstić information content (AvgIpc) is 2.94. The lowest BCUT2D eigenvalue weighted by Crippen LogP contribution is -2.24. The SMILES string of the molecule is Cc1ccc(S(N)(=O)=O)cc1C(=O)NCc1nc2ccccc2s1. The van der Waals surface area contributed by atoms with Gasteiger partial charge in [0, 0.05) is 5.56 Å². The monoisotopic (exact) mass is 361 g/mol. The van der Waals surface area contributed by atoms with Gasteiger partial charge in [0.15, 0.2) is 0 Å². The first-order valence-corrected chi connectivity index (χ1v) is 9.47. The van der Waals surface area contributed by atoms with Crippen molar-refractivity contribution in [3.63, 3.8) is 0 Å². The summed E-state index contributed by atoms with van der Waals surface area (Å²) in [6.45, 7) is 2.01. The number of para-hydroxylation sites is 1. The van der Waals surface area contributed by atoms with E-state index in [1.165, 1.54) is 23.5 Å². The third kappa shape index (κ3) is 3.45. The van der Waals surface area contributed by atoms with Crippen LogP contribution in [0.4, 0.5) is 0 Å². The molecule has 0 spiro atoms. The Bertz CT molecular complexity index is 993. The molecule has 2 aromatic carbocycles. The molecule has 8 heteroatoms. The summed E-state index contributed by atoms with van der Waals surface area (Å²) in [5.74, 6) is -0.364. The molecular weight excluding hydrogens is 346 g/mol. The Morgan fingerprint density at radius 1 is 1.25 bits per heavy atom. The molecule has 0 fully saturated rings. The summed E-state index contributed by atoms with van der Waals surface area (Å²) in [6, 6.07) is 12.0. The highest BCUT2D eigenvalue weighted by atomic mass is 32.2. The molecule has 0 aliphatic carbocycles. The number of fused-ring (bicyclic) bond motifs is 1. The Balaban J connectivity index is 1.79. The highest BCUT2D eigenvalue weighted by molar-refractivity contribution is 7.89. The summed E-state index contributed by atoms with van der Waals surface area (Å²) in [5, 5.41) is 8.67. The van der Waals surface area contributed by atoms with Crippen molar-refractivity contribution in [1.29, 1.82) is 0 Å². The quantitative estimate of drug-likeness (QED) is 0.743. The van der Waals surface area contributed by atoms with E-state index >= 15 is 0 Å². The van der Waals surface area contributed by atoms with Gasteiger partial charge in [-0.1, -0.05) is 18.2 Å². The van der Waals surface area contributed by atoms with E-state index in [9.17, 15) is 13.2 Å². The van der Waals surface area contributed by atoms with E-state index in [0.717, 1.165) is 15.2 Å². The van der Waals surface area contributed by atoms with Gasteiger partial charge in [-0.25, -0.2) is 18.5 Å². The third-order valence-corrected chi connectivity index (χ3v) is 5.47. The number of benzene rings is 2. The zero-order valence-corrected chi connectivity index (χ0v) is 14.4. The summed E-state index contributed by atoms with van der Waals surface area (Å²) in [7, 11) is -3.85. The van der Waals surface area contributed by atoms with Gasteiger partial charge in [-0.2, -0.15) is 0 Å². The Morgan fingerprint density at radius 2 is 2.00 bits per heavy atom. The number of nitrogens with two attached hydrogens (primary N) is 1. The highest BCUT2D eigenvalue weighted by Gasteiger charge is 2.15. The highest BCUT2D eigenvalue weighted by Crippen LogP contribution is 2.21. The van der Waals surface area contributed by atoms with E-state index in [1.807, 2.05) is 24.3 Å². The first-order valence-electron chi connectivity index (χ1n) is 7.11. The maximum absolute atomic E-state index is 12.4. The lowest BCUT2D eigenvalue weighted by molar-refractivity contribution is 0.0950. The van der Waals surface area contributed by atoms with Gasteiger partial charge in [-0.05, 0) is 36.8 Å². The number of rotatable bonds is 4. The van der Waals surface area contributed by atoms with Crippen LogP contribution in [0.2, 0.25) is 0 Å². The molecule has 24 heavy (non-hydrogen) atoms. The molecular formula is C16H15N3O3S2. The molecule has 0 radical (unpaired) electrons. The van der Waals surface area contributed by atoms with Gasteiger partial charge in [-0.15, -0.1) is 11.3 Å². The normalized spacial score (nSPS) is 11.6. The van der Waals surface area contributed by atoms with Gasteiger partial charge in [0.05, 0.1) is 21.7 Å². The van der Waals surface area contributed by atoms with Gasteiger partial charge < -0.3 is 5.32 Å². The second-order valence-corrected chi connectivity index (χ2v) is 7.96. The Kier molecular flexibility index (Phi) is 4.35. The number of carbonyl (C=O) groups is 1. The van der Waals surface area contributed by atoms with Crippen LogP contribution in [0.25, 0.3) is 10.2 Å². The van der Waals surface area contributed by atoms with Crippen LogP contribution in [0.15, 0.2) is 47.4 Å². The van der Waals surface area contributed by atoms with Crippen molar-refractivity contribution in [2.24, 2.45) is 5.14 Å². The molecule has 0 saturated carbocycles. The number of thiazole rings is 1. The molecule has 3 aromatic rings. The minimum absolute atomic E-state index is 0.0850. The number of sulfonamides is 1. The van der Waals surface area contributed by atoms with Gasteiger partial charge >= 0.3 is 0 Å². The van der Waals surface area contributed by atoms with E-state index in [-0.39, 0.29) is 22.9 Å². The molecule has 0 atom stereocenters. The van der Waals surface area contributed by atoms with E-state index in [2.05, 4.69) is 10.3 Å². The van der Waals surface area contributed by atoms with Crippen LogP contribution in [-0.2, 0) is 16.6 Å². The van der Waals surface area contributed by atoms with E-state index < -0.39 is 10.0 Å². The molecule has 0 saturated heterocycles. The predicted molar refractivity (Wildman–Crippen MR) is 93.3 cm³/mol. The molecule has 124 valence electrons. The minimum atomic E-state index is -3.85. The summed E-state index contributed by atoms with van der Waals surface area (Å²) in [6.07, 6.45) is 0.